The Morgan fingerprint density at radius 1 is 0.878 bits per heavy atom. The molecule has 2 heterocycles. The van der Waals surface area contributed by atoms with E-state index in [0.29, 0.717) is 22.8 Å². The molecular formula is C44H62N2O2S. The Balaban J connectivity index is 1.06. The van der Waals surface area contributed by atoms with Crippen molar-refractivity contribution in [1.29, 1.82) is 0 Å². The lowest BCUT2D eigenvalue weighted by atomic mass is 9.45. The van der Waals surface area contributed by atoms with Crippen LogP contribution in [0.3, 0.4) is 0 Å². The average Bonchev–Trinajstić information content (AvgIpc) is 3.73. The lowest BCUT2D eigenvalue weighted by Crippen LogP contribution is -2.53. The molecule has 1 saturated heterocycles. The molecular weight excluding hydrogens is 621 g/mol. The van der Waals surface area contributed by atoms with E-state index in [1.807, 2.05) is 23.4 Å². The lowest BCUT2D eigenvalue weighted by molar-refractivity contribution is -0.0618. The number of hydrogen-bond donors (Lipinski definition) is 1. The van der Waals surface area contributed by atoms with Crippen LogP contribution in [0.15, 0.2) is 65.1 Å². The Bertz CT molecular complexity index is 1700. The van der Waals surface area contributed by atoms with E-state index in [1.54, 1.807) is 17.7 Å². The molecule has 4 nitrogen and oxygen atoms in total. The highest BCUT2D eigenvalue weighted by Crippen LogP contribution is 2.69. The number of para-hydroxylation sites is 1. The van der Waals surface area contributed by atoms with Crippen LogP contribution in [-0.4, -0.2) is 25.4 Å². The van der Waals surface area contributed by atoms with Gasteiger partial charge in [-0.05, 0) is 141 Å². The van der Waals surface area contributed by atoms with Crippen molar-refractivity contribution in [2.24, 2.45) is 52.3 Å². The predicted octanol–water partition coefficient (Wildman–Crippen LogP) is 10.7. The quantitative estimate of drug-likeness (QED) is 0.282. The Morgan fingerprint density at radius 3 is 2.43 bits per heavy atom. The molecule has 2 unspecified atom stereocenters. The summed E-state index contributed by atoms with van der Waals surface area (Å²) in [6, 6.07) is 16.1. The molecule has 10 atom stereocenters. The van der Waals surface area contributed by atoms with E-state index in [2.05, 4.69) is 70.3 Å². The van der Waals surface area contributed by atoms with E-state index >= 15 is 0 Å². The molecule has 2 aromatic carbocycles. The standard InChI is InChI=1S/C44H62N2O2S/c1-29(2)10-9-11-31(4)36-20-21-37-35-19-16-32-28-33(22-24-42(32,5)38(35)23-25-43(36,37)6)44-26-27-46(41(44)45-40-13-8-7-12-39(40)44)49(47,48)34-17-14-30(3)15-18-34/h7-8,12-15,17-18,28-29,31,33,35-38,41,45H,9-11,16,19-27H2,1-6H3/t31-,33+,35+,36-,37+,38+,41?,42+,43-,44?/m1/s1. The number of sulfonamides is 1. The first-order valence-corrected chi connectivity index (χ1v) is 21.5. The highest BCUT2D eigenvalue weighted by molar-refractivity contribution is 7.89. The third-order valence-corrected chi connectivity index (χ3v) is 17.7. The minimum Gasteiger partial charge on any atom is -0.368 e. The van der Waals surface area contributed by atoms with E-state index in [-0.39, 0.29) is 17.0 Å². The van der Waals surface area contributed by atoms with E-state index in [0.717, 1.165) is 59.6 Å². The molecule has 0 aromatic heterocycles. The van der Waals surface area contributed by atoms with Gasteiger partial charge in [0.1, 0.15) is 6.17 Å². The van der Waals surface area contributed by atoms with Gasteiger partial charge in [-0.2, -0.15) is 4.31 Å². The summed E-state index contributed by atoms with van der Waals surface area (Å²) in [6.45, 7) is 15.3. The van der Waals surface area contributed by atoms with Crippen LogP contribution in [-0.2, 0) is 15.4 Å². The minimum absolute atomic E-state index is 0.241. The molecule has 4 aliphatic carbocycles. The fourth-order valence-corrected chi connectivity index (χ4v) is 14.9. The molecule has 6 aliphatic rings. The van der Waals surface area contributed by atoms with E-state index in [1.165, 1.54) is 69.8 Å². The van der Waals surface area contributed by atoms with Gasteiger partial charge in [0.05, 0.1) is 4.90 Å². The highest BCUT2D eigenvalue weighted by Gasteiger charge is 2.63. The second-order valence-electron chi connectivity index (χ2n) is 18.5. The third-order valence-electron chi connectivity index (χ3n) is 15.8. The fraction of sp³-hybridized carbons (Fsp3) is 0.682. The number of hydrogen-bond acceptors (Lipinski definition) is 3. The first-order chi connectivity index (χ1) is 23.4. The molecule has 4 fully saturated rings. The Morgan fingerprint density at radius 2 is 1.65 bits per heavy atom. The van der Waals surface area contributed by atoms with Gasteiger partial charge in [-0.1, -0.05) is 101 Å². The molecule has 0 amide bonds. The Kier molecular flexibility index (Phi) is 8.50. The van der Waals surface area contributed by atoms with Gasteiger partial charge < -0.3 is 5.32 Å². The van der Waals surface area contributed by atoms with Crippen molar-refractivity contribution in [2.45, 2.75) is 135 Å². The van der Waals surface area contributed by atoms with Gasteiger partial charge in [0.2, 0.25) is 10.0 Å². The number of rotatable bonds is 8. The SMILES string of the molecule is Cc1ccc(S(=O)(=O)N2CCC3([C@@H]4C=C5CC[C@H]6[C@@H]7CC[C@H]([C@H](C)CCCC(C)C)[C@@]7(C)CC[C@@H]6[C@@]5(C)CC4)c4ccccc4NC23)cc1. The van der Waals surface area contributed by atoms with Gasteiger partial charge in [0, 0.05) is 17.6 Å². The van der Waals surface area contributed by atoms with Gasteiger partial charge in [0.25, 0.3) is 0 Å². The first-order valence-electron chi connectivity index (χ1n) is 20.1. The Hall–Kier alpha value is -2.11. The number of fused-ring (bicyclic) bond motifs is 8. The van der Waals surface area contributed by atoms with Gasteiger partial charge in [-0.15, -0.1) is 0 Å². The van der Waals surface area contributed by atoms with Crippen molar-refractivity contribution < 1.29 is 8.42 Å². The van der Waals surface area contributed by atoms with Crippen LogP contribution in [0.2, 0.25) is 0 Å². The van der Waals surface area contributed by atoms with Crippen LogP contribution in [0.1, 0.15) is 123 Å². The maximum Gasteiger partial charge on any atom is 0.244 e. The van der Waals surface area contributed by atoms with Gasteiger partial charge >= 0.3 is 0 Å². The lowest BCUT2D eigenvalue weighted by Gasteiger charge is -2.59. The van der Waals surface area contributed by atoms with Crippen LogP contribution >= 0.6 is 0 Å². The summed E-state index contributed by atoms with van der Waals surface area (Å²) in [7, 11) is -3.64. The largest absolute Gasteiger partial charge is 0.368 e. The normalized spacial score (nSPS) is 39.0. The maximum absolute atomic E-state index is 14.2. The summed E-state index contributed by atoms with van der Waals surface area (Å²) in [5, 5.41) is 3.78. The molecule has 49 heavy (non-hydrogen) atoms. The maximum atomic E-state index is 14.2. The summed E-state index contributed by atoms with van der Waals surface area (Å²) in [4.78, 5) is 0.406. The molecule has 2 aromatic rings. The van der Waals surface area contributed by atoms with Gasteiger partial charge in [-0.3, -0.25) is 0 Å². The molecule has 0 bridgehead atoms. The molecule has 5 heteroatoms. The second kappa shape index (κ2) is 12.2. The van der Waals surface area contributed by atoms with Crippen LogP contribution in [0.25, 0.3) is 0 Å². The predicted molar refractivity (Wildman–Crippen MR) is 202 cm³/mol. The van der Waals surface area contributed by atoms with Crippen LogP contribution in [0.5, 0.6) is 0 Å². The molecule has 8 rings (SSSR count). The minimum atomic E-state index is -3.64. The van der Waals surface area contributed by atoms with Gasteiger partial charge in [0.15, 0.2) is 0 Å². The zero-order chi connectivity index (χ0) is 34.3. The second-order valence-corrected chi connectivity index (χ2v) is 20.4. The van der Waals surface area contributed by atoms with E-state index < -0.39 is 10.0 Å². The summed E-state index contributed by atoms with van der Waals surface area (Å²) in [5.74, 6) is 5.47. The molecule has 2 aliphatic heterocycles. The van der Waals surface area contributed by atoms with Crippen molar-refractivity contribution >= 4 is 15.7 Å². The number of anilines is 1. The fourth-order valence-electron chi connectivity index (χ4n) is 13.3. The van der Waals surface area contributed by atoms with Crippen LogP contribution in [0, 0.1) is 59.2 Å². The number of aryl methyl sites for hydroxylation is 1. The van der Waals surface area contributed by atoms with Crippen molar-refractivity contribution in [3.8, 4) is 0 Å². The van der Waals surface area contributed by atoms with Crippen molar-refractivity contribution in [3.05, 3.63) is 71.3 Å². The number of nitrogens with zero attached hydrogens (tertiary/aromatic N) is 1. The molecule has 0 spiro atoms. The zero-order valence-corrected chi connectivity index (χ0v) is 32.0. The van der Waals surface area contributed by atoms with Crippen LogP contribution < -0.4 is 5.32 Å². The zero-order valence-electron chi connectivity index (χ0n) is 31.2. The van der Waals surface area contributed by atoms with E-state index in [4.69, 9.17) is 0 Å². The molecule has 0 radical (unpaired) electrons. The molecule has 1 N–H and O–H groups in total. The smallest absolute Gasteiger partial charge is 0.244 e. The van der Waals surface area contributed by atoms with Crippen molar-refractivity contribution in [1.82, 2.24) is 4.31 Å². The monoisotopic (exact) mass is 682 g/mol. The number of benzene rings is 2. The highest BCUT2D eigenvalue weighted by atomic mass is 32.2. The molecule has 3 saturated carbocycles. The summed E-state index contributed by atoms with van der Waals surface area (Å²) in [6.07, 6.45) is 18.2. The number of nitrogens with one attached hydrogen (secondary N) is 1. The van der Waals surface area contributed by atoms with Crippen LogP contribution in [0.4, 0.5) is 5.69 Å². The van der Waals surface area contributed by atoms with Crippen molar-refractivity contribution in [3.63, 3.8) is 0 Å². The summed E-state index contributed by atoms with van der Waals surface area (Å²) < 4.78 is 30.3. The van der Waals surface area contributed by atoms with Gasteiger partial charge in [-0.25, -0.2) is 8.42 Å². The van der Waals surface area contributed by atoms with Crippen molar-refractivity contribution in [2.75, 3.05) is 11.9 Å². The summed E-state index contributed by atoms with van der Waals surface area (Å²) in [5.41, 5.74) is 5.80. The Labute approximate surface area is 298 Å². The summed E-state index contributed by atoms with van der Waals surface area (Å²) >= 11 is 0. The number of allylic oxidation sites excluding steroid dienone is 2. The topological polar surface area (TPSA) is 49.4 Å². The van der Waals surface area contributed by atoms with E-state index in [9.17, 15) is 8.42 Å². The molecule has 266 valence electrons. The first kappa shape index (κ1) is 34.0. The average molecular weight is 683 g/mol. The third kappa shape index (κ3) is 5.16.